The summed E-state index contributed by atoms with van der Waals surface area (Å²) in [5.74, 6) is 1.10. The standard InChI is InChI=1S/C24H20Cl2N4O2S/c1-15-3-10-19(11-4-15)30-23(16-5-7-17(25)8-6-16)28-29-24(30)33-14-22(31)27-20-13-18(26)9-12-21(20)32-2/h3-13H,14H2,1-2H3,(H,27,31). The Balaban J connectivity index is 1.60. The Bertz CT molecular complexity index is 1270. The largest absolute Gasteiger partial charge is 0.495 e. The number of hydrogen-bond acceptors (Lipinski definition) is 5. The Kier molecular flexibility index (Phi) is 7.23. The Morgan fingerprint density at radius 2 is 1.70 bits per heavy atom. The van der Waals surface area contributed by atoms with Crippen LogP contribution in [0.4, 0.5) is 5.69 Å². The lowest BCUT2D eigenvalue weighted by atomic mass is 10.2. The van der Waals surface area contributed by atoms with Gasteiger partial charge in [0.25, 0.3) is 0 Å². The molecule has 0 aliphatic rings. The van der Waals surface area contributed by atoms with Gasteiger partial charge in [0, 0.05) is 21.3 Å². The summed E-state index contributed by atoms with van der Waals surface area (Å²) in [6, 6.07) is 20.5. The van der Waals surface area contributed by atoms with Crippen molar-refractivity contribution in [3.63, 3.8) is 0 Å². The first kappa shape index (κ1) is 23.2. The van der Waals surface area contributed by atoms with Crippen LogP contribution < -0.4 is 10.1 Å². The molecule has 1 N–H and O–H groups in total. The van der Waals surface area contributed by atoms with Crippen molar-refractivity contribution in [2.24, 2.45) is 0 Å². The first-order valence-electron chi connectivity index (χ1n) is 9.99. The summed E-state index contributed by atoms with van der Waals surface area (Å²) in [6.07, 6.45) is 0. The molecule has 1 amide bonds. The molecule has 33 heavy (non-hydrogen) atoms. The molecule has 0 aliphatic carbocycles. The quantitative estimate of drug-likeness (QED) is 0.303. The molecule has 1 heterocycles. The summed E-state index contributed by atoms with van der Waals surface area (Å²) in [5, 5.41) is 13.3. The van der Waals surface area contributed by atoms with Gasteiger partial charge < -0.3 is 10.1 Å². The minimum atomic E-state index is -0.216. The molecule has 0 fully saturated rings. The van der Waals surface area contributed by atoms with E-state index in [9.17, 15) is 4.79 Å². The van der Waals surface area contributed by atoms with Gasteiger partial charge in [-0.25, -0.2) is 0 Å². The molecule has 0 bridgehead atoms. The van der Waals surface area contributed by atoms with E-state index in [1.54, 1.807) is 18.2 Å². The van der Waals surface area contributed by atoms with Gasteiger partial charge in [0.15, 0.2) is 11.0 Å². The first-order valence-corrected chi connectivity index (χ1v) is 11.7. The first-order chi connectivity index (χ1) is 15.9. The molecule has 6 nitrogen and oxygen atoms in total. The molecular formula is C24H20Cl2N4O2S. The van der Waals surface area contributed by atoms with E-state index < -0.39 is 0 Å². The van der Waals surface area contributed by atoms with Crippen molar-refractivity contribution < 1.29 is 9.53 Å². The molecule has 1 aromatic heterocycles. The Morgan fingerprint density at radius 3 is 2.39 bits per heavy atom. The Hall–Kier alpha value is -3.00. The highest BCUT2D eigenvalue weighted by molar-refractivity contribution is 7.99. The monoisotopic (exact) mass is 498 g/mol. The molecule has 0 saturated heterocycles. The lowest BCUT2D eigenvalue weighted by Gasteiger charge is -2.12. The van der Waals surface area contributed by atoms with Crippen molar-refractivity contribution in [3.05, 3.63) is 82.3 Å². The summed E-state index contributed by atoms with van der Waals surface area (Å²) in [5.41, 5.74) is 3.42. The summed E-state index contributed by atoms with van der Waals surface area (Å²) in [6.45, 7) is 2.03. The highest BCUT2D eigenvalue weighted by atomic mass is 35.5. The molecule has 4 aromatic rings. The number of rotatable bonds is 7. The molecule has 168 valence electrons. The average Bonchev–Trinajstić information content (AvgIpc) is 3.23. The fourth-order valence-electron chi connectivity index (χ4n) is 3.17. The number of anilines is 1. The lowest BCUT2D eigenvalue weighted by molar-refractivity contribution is -0.113. The van der Waals surface area contributed by atoms with Crippen molar-refractivity contribution in [2.45, 2.75) is 12.1 Å². The summed E-state index contributed by atoms with van der Waals surface area (Å²) in [7, 11) is 1.54. The van der Waals surface area contributed by atoms with Crippen LogP contribution in [0.3, 0.4) is 0 Å². The molecule has 0 saturated carbocycles. The maximum atomic E-state index is 12.7. The second-order valence-electron chi connectivity index (χ2n) is 7.17. The van der Waals surface area contributed by atoms with Gasteiger partial charge in [-0.15, -0.1) is 10.2 Å². The maximum absolute atomic E-state index is 12.7. The van der Waals surface area contributed by atoms with E-state index in [2.05, 4.69) is 15.5 Å². The second kappa shape index (κ2) is 10.3. The number of thioether (sulfide) groups is 1. The minimum absolute atomic E-state index is 0.125. The van der Waals surface area contributed by atoms with Crippen LogP contribution in [0.5, 0.6) is 5.75 Å². The fraction of sp³-hybridized carbons (Fsp3) is 0.125. The summed E-state index contributed by atoms with van der Waals surface area (Å²) >= 11 is 13.4. The highest BCUT2D eigenvalue weighted by Gasteiger charge is 2.18. The number of nitrogens with one attached hydrogen (secondary N) is 1. The third-order valence-electron chi connectivity index (χ3n) is 4.80. The predicted molar refractivity (Wildman–Crippen MR) is 134 cm³/mol. The number of ether oxygens (including phenoxy) is 1. The predicted octanol–water partition coefficient (Wildman–Crippen LogP) is 6.29. The van der Waals surface area contributed by atoms with E-state index in [1.807, 2.05) is 60.0 Å². The number of amides is 1. The summed E-state index contributed by atoms with van der Waals surface area (Å²) < 4.78 is 7.23. The number of carbonyl (C=O) groups excluding carboxylic acids is 1. The molecule has 0 atom stereocenters. The topological polar surface area (TPSA) is 69.0 Å². The molecule has 0 spiro atoms. The van der Waals surface area contributed by atoms with Crippen LogP contribution in [0.2, 0.25) is 10.0 Å². The number of benzene rings is 3. The molecule has 4 rings (SSSR count). The van der Waals surface area contributed by atoms with Crippen LogP contribution in [0, 0.1) is 6.92 Å². The SMILES string of the molecule is COc1ccc(Cl)cc1NC(=O)CSc1nnc(-c2ccc(Cl)cc2)n1-c1ccc(C)cc1. The van der Waals surface area contributed by atoms with Crippen LogP contribution in [0.25, 0.3) is 17.1 Å². The number of methoxy groups -OCH3 is 1. The van der Waals surface area contributed by atoms with Crippen molar-refractivity contribution in [1.29, 1.82) is 0 Å². The second-order valence-corrected chi connectivity index (χ2v) is 8.98. The van der Waals surface area contributed by atoms with Gasteiger partial charge in [-0.3, -0.25) is 9.36 Å². The van der Waals surface area contributed by atoms with Gasteiger partial charge >= 0.3 is 0 Å². The van der Waals surface area contributed by atoms with Crippen molar-refractivity contribution in [1.82, 2.24) is 14.8 Å². The molecule has 3 aromatic carbocycles. The van der Waals surface area contributed by atoms with Crippen LogP contribution in [0.15, 0.2) is 71.9 Å². The number of nitrogens with zero attached hydrogens (tertiary/aromatic N) is 3. The third-order valence-corrected chi connectivity index (χ3v) is 6.21. The smallest absolute Gasteiger partial charge is 0.234 e. The Labute approximate surface area is 205 Å². The van der Waals surface area contributed by atoms with E-state index in [-0.39, 0.29) is 11.7 Å². The zero-order valence-corrected chi connectivity index (χ0v) is 20.2. The van der Waals surface area contributed by atoms with E-state index >= 15 is 0 Å². The van der Waals surface area contributed by atoms with Crippen LogP contribution in [-0.4, -0.2) is 33.5 Å². The Morgan fingerprint density at radius 1 is 1.00 bits per heavy atom. The number of aryl methyl sites for hydroxylation is 1. The van der Waals surface area contributed by atoms with Gasteiger partial charge in [-0.05, 0) is 61.5 Å². The van der Waals surface area contributed by atoms with E-state index in [1.165, 1.54) is 18.9 Å². The van der Waals surface area contributed by atoms with Crippen LogP contribution in [-0.2, 0) is 4.79 Å². The average molecular weight is 499 g/mol. The van der Waals surface area contributed by atoms with Gasteiger partial charge in [0.05, 0.1) is 18.6 Å². The number of carbonyl (C=O) groups is 1. The third kappa shape index (κ3) is 5.50. The molecular weight excluding hydrogens is 479 g/mol. The van der Waals surface area contributed by atoms with Crippen LogP contribution in [0.1, 0.15) is 5.56 Å². The fourth-order valence-corrected chi connectivity index (χ4v) is 4.22. The molecule has 9 heteroatoms. The van der Waals surface area contributed by atoms with Crippen molar-refractivity contribution in [3.8, 4) is 22.8 Å². The van der Waals surface area contributed by atoms with E-state index in [4.69, 9.17) is 27.9 Å². The van der Waals surface area contributed by atoms with Gasteiger partial charge in [-0.2, -0.15) is 0 Å². The van der Waals surface area contributed by atoms with Crippen LogP contribution >= 0.6 is 35.0 Å². The minimum Gasteiger partial charge on any atom is -0.495 e. The van der Waals surface area contributed by atoms with E-state index in [0.29, 0.717) is 32.5 Å². The highest BCUT2D eigenvalue weighted by Crippen LogP contribution is 2.30. The summed E-state index contributed by atoms with van der Waals surface area (Å²) in [4.78, 5) is 12.7. The van der Waals surface area contributed by atoms with Crippen molar-refractivity contribution >= 4 is 46.6 Å². The van der Waals surface area contributed by atoms with Gasteiger partial charge in [0.2, 0.25) is 5.91 Å². The van der Waals surface area contributed by atoms with Crippen molar-refractivity contribution in [2.75, 3.05) is 18.2 Å². The molecule has 0 unspecified atom stereocenters. The lowest BCUT2D eigenvalue weighted by Crippen LogP contribution is -2.15. The van der Waals surface area contributed by atoms with Gasteiger partial charge in [0.1, 0.15) is 5.75 Å². The zero-order valence-electron chi connectivity index (χ0n) is 17.9. The normalized spacial score (nSPS) is 10.8. The zero-order chi connectivity index (χ0) is 23.4. The molecule has 0 radical (unpaired) electrons. The number of hydrogen-bond donors (Lipinski definition) is 1. The molecule has 0 aliphatic heterocycles. The number of aromatic nitrogens is 3. The van der Waals surface area contributed by atoms with E-state index in [0.717, 1.165) is 16.8 Å². The maximum Gasteiger partial charge on any atom is 0.234 e. The number of halogens is 2. The van der Waals surface area contributed by atoms with Gasteiger partial charge in [-0.1, -0.05) is 52.7 Å².